The van der Waals surface area contributed by atoms with Gasteiger partial charge in [0, 0.05) is 18.6 Å². The van der Waals surface area contributed by atoms with Crippen LogP contribution < -0.4 is 0 Å². The number of fused-ring (bicyclic) bond motifs is 1. The molecule has 0 aromatic carbocycles. The Morgan fingerprint density at radius 3 is 2.59 bits per heavy atom. The minimum atomic E-state index is 0.180. The van der Waals surface area contributed by atoms with Gasteiger partial charge in [-0.2, -0.15) is 0 Å². The Labute approximate surface area is 104 Å². The van der Waals surface area contributed by atoms with Gasteiger partial charge in [-0.15, -0.1) is 10.2 Å². The first-order valence-electron chi connectivity index (χ1n) is 6.50. The molecular formula is C13H24N4. The third kappa shape index (κ3) is 1.99. The first-order chi connectivity index (χ1) is 7.88. The lowest BCUT2D eigenvalue weighted by Gasteiger charge is -2.50. The Hall–Kier alpha value is -0.900. The van der Waals surface area contributed by atoms with Crippen LogP contribution in [-0.2, 0) is 13.1 Å². The second kappa shape index (κ2) is 4.09. The van der Waals surface area contributed by atoms with Crippen molar-refractivity contribution in [3.8, 4) is 0 Å². The zero-order chi connectivity index (χ0) is 12.7. The van der Waals surface area contributed by atoms with E-state index in [1.54, 1.807) is 0 Å². The zero-order valence-electron chi connectivity index (χ0n) is 11.7. The van der Waals surface area contributed by atoms with Crippen molar-refractivity contribution in [1.29, 1.82) is 0 Å². The molecule has 1 aliphatic rings. The summed E-state index contributed by atoms with van der Waals surface area (Å²) in [5.74, 6) is 1.09. The predicted octanol–water partition coefficient (Wildman–Crippen LogP) is 2.31. The maximum atomic E-state index is 4.20. The van der Waals surface area contributed by atoms with Crippen molar-refractivity contribution in [2.75, 3.05) is 6.54 Å². The molecule has 1 aromatic heterocycles. The van der Waals surface area contributed by atoms with E-state index in [2.05, 4.69) is 54.3 Å². The third-order valence-corrected chi connectivity index (χ3v) is 4.97. The van der Waals surface area contributed by atoms with Crippen LogP contribution in [0.15, 0.2) is 6.33 Å². The van der Waals surface area contributed by atoms with Gasteiger partial charge in [0.1, 0.15) is 12.2 Å². The van der Waals surface area contributed by atoms with Crippen LogP contribution in [-0.4, -0.2) is 31.7 Å². The van der Waals surface area contributed by atoms with Gasteiger partial charge >= 0.3 is 0 Å². The average Bonchev–Trinajstić information content (AvgIpc) is 2.75. The van der Waals surface area contributed by atoms with Gasteiger partial charge in [-0.1, -0.05) is 20.8 Å². The summed E-state index contributed by atoms with van der Waals surface area (Å²) in [7, 11) is 0. The lowest BCUT2D eigenvalue weighted by Crippen LogP contribution is -2.55. The van der Waals surface area contributed by atoms with E-state index in [-0.39, 0.29) is 5.54 Å². The standard InChI is InChI=1S/C13H24N4/c1-6-12(2,3)13(4,5)17-8-7-16-10-14-15-11(16)9-17/h10H,6-9H2,1-5H3. The van der Waals surface area contributed by atoms with Gasteiger partial charge in [-0.25, -0.2) is 0 Å². The summed E-state index contributed by atoms with van der Waals surface area (Å²) < 4.78 is 2.16. The molecular weight excluding hydrogens is 212 g/mol. The van der Waals surface area contributed by atoms with Gasteiger partial charge in [-0.05, 0) is 25.7 Å². The maximum Gasteiger partial charge on any atom is 0.147 e. The summed E-state index contributed by atoms with van der Waals surface area (Å²) in [6, 6.07) is 0. The first kappa shape index (κ1) is 12.6. The minimum Gasteiger partial charge on any atom is -0.315 e. The van der Waals surface area contributed by atoms with Gasteiger partial charge < -0.3 is 4.57 Å². The smallest absolute Gasteiger partial charge is 0.147 e. The number of nitrogens with zero attached hydrogens (tertiary/aromatic N) is 4. The van der Waals surface area contributed by atoms with E-state index in [1.165, 1.54) is 6.42 Å². The van der Waals surface area contributed by atoms with E-state index in [0.717, 1.165) is 25.5 Å². The molecule has 1 aliphatic heterocycles. The molecule has 0 saturated carbocycles. The summed E-state index contributed by atoms with van der Waals surface area (Å²) in [5.41, 5.74) is 0.480. The van der Waals surface area contributed by atoms with Crippen LogP contribution in [0.25, 0.3) is 0 Å². The van der Waals surface area contributed by atoms with Gasteiger partial charge in [0.15, 0.2) is 0 Å². The fourth-order valence-corrected chi connectivity index (χ4v) is 2.40. The second-order valence-electron chi connectivity index (χ2n) is 6.16. The van der Waals surface area contributed by atoms with Crippen molar-refractivity contribution in [3.05, 3.63) is 12.2 Å². The molecule has 0 atom stereocenters. The Morgan fingerprint density at radius 2 is 1.94 bits per heavy atom. The van der Waals surface area contributed by atoms with Crippen LogP contribution in [0.2, 0.25) is 0 Å². The molecule has 0 saturated heterocycles. The normalized spacial score (nSPS) is 18.2. The fraction of sp³-hybridized carbons (Fsp3) is 0.846. The number of rotatable bonds is 3. The van der Waals surface area contributed by atoms with Crippen LogP contribution in [0.4, 0.5) is 0 Å². The molecule has 4 nitrogen and oxygen atoms in total. The molecule has 2 rings (SSSR count). The van der Waals surface area contributed by atoms with Crippen molar-refractivity contribution in [2.24, 2.45) is 5.41 Å². The highest BCUT2D eigenvalue weighted by Gasteiger charge is 2.41. The number of hydrogen-bond donors (Lipinski definition) is 0. The molecule has 0 unspecified atom stereocenters. The van der Waals surface area contributed by atoms with Crippen molar-refractivity contribution < 1.29 is 0 Å². The van der Waals surface area contributed by atoms with E-state index in [9.17, 15) is 0 Å². The SMILES string of the molecule is CCC(C)(C)C(C)(C)N1CCn2cnnc2C1. The summed E-state index contributed by atoms with van der Waals surface area (Å²) >= 11 is 0. The summed E-state index contributed by atoms with van der Waals surface area (Å²) in [4.78, 5) is 2.54. The molecule has 0 aliphatic carbocycles. The Bertz CT molecular complexity index is 392. The van der Waals surface area contributed by atoms with E-state index >= 15 is 0 Å². The summed E-state index contributed by atoms with van der Waals surface area (Å²) in [6.07, 6.45) is 3.02. The van der Waals surface area contributed by atoms with Crippen molar-refractivity contribution in [1.82, 2.24) is 19.7 Å². The van der Waals surface area contributed by atoms with Crippen LogP contribution in [0.3, 0.4) is 0 Å². The van der Waals surface area contributed by atoms with Gasteiger partial charge in [0.05, 0.1) is 6.54 Å². The van der Waals surface area contributed by atoms with E-state index < -0.39 is 0 Å². The quantitative estimate of drug-likeness (QED) is 0.807. The molecule has 0 N–H and O–H groups in total. The van der Waals surface area contributed by atoms with Gasteiger partial charge in [0.25, 0.3) is 0 Å². The molecule has 0 radical (unpaired) electrons. The van der Waals surface area contributed by atoms with Crippen LogP contribution >= 0.6 is 0 Å². The summed E-state index contributed by atoms with van der Waals surface area (Å²) in [5, 5.41) is 8.19. The lowest BCUT2D eigenvalue weighted by molar-refractivity contribution is -0.0109. The number of hydrogen-bond acceptors (Lipinski definition) is 3. The highest BCUT2D eigenvalue weighted by molar-refractivity contribution is 4.99. The molecule has 0 amide bonds. The summed E-state index contributed by atoms with van der Waals surface area (Å²) in [6.45, 7) is 14.7. The molecule has 1 aromatic rings. The molecule has 2 heterocycles. The van der Waals surface area contributed by atoms with Crippen molar-refractivity contribution >= 4 is 0 Å². The van der Waals surface area contributed by atoms with Crippen LogP contribution in [0, 0.1) is 5.41 Å². The van der Waals surface area contributed by atoms with Gasteiger partial charge in [0.2, 0.25) is 0 Å². The minimum absolute atomic E-state index is 0.180. The predicted molar refractivity (Wildman–Crippen MR) is 68.6 cm³/mol. The molecule has 4 heteroatoms. The van der Waals surface area contributed by atoms with E-state index in [4.69, 9.17) is 0 Å². The van der Waals surface area contributed by atoms with Crippen LogP contribution in [0.5, 0.6) is 0 Å². The van der Waals surface area contributed by atoms with Crippen molar-refractivity contribution in [3.63, 3.8) is 0 Å². The molecule has 0 fully saturated rings. The van der Waals surface area contributed by atoms with E-state index in [1.807, 2.05) is 6.33 Å². The van der Waals surface area contributed by atoms with Crippen molar-refractivity contribution in [2.45, 2.75) is 59.7 Å². The monoisotopic (exact) mass is 236 g/mol. The maximum absolute atomic E-state index is 4.20. The third-order valence-electron chi connectivity index (χ3n) is 4.97. The lowest BCUT2D eigenvalue weighted by atomic mass is 9.71. The highest BCUT2D eigenvalue weighted by Crippen LogP contribution is 2.39. The fourth-order valence-electron chi connectivity index (χ4n) is 2.40. The number of aromatic nitrogens is 3. The molecule has 96 valence electrons. The molecule has 0 bridgehead atoms. The van der Waals surface area contributed by atoms with Gasteiger partial charge in [-0.3, -0.25) is 4.90 Å². The Balaban J connectivity index is 2.20. The largest absolute Gasteiger partial charge is 0.315 e. The van der Waals surface area contributed by atoms with Crippen LogP contribution in [0.1, 0.15) is 46.9 Å². The Morgan fingerprint density at radius 1 is 1.24 bits per heavy atom. The topological polar surface area (TPSA) is 34.0 Å². The zero-order valence-corrected chi connectivity index (χ0v) is 11.7. The molecule has 17 heavy (non-hydrogen) atoms. The highest BCUT2D eigenvalue weighted by atomic mass is 15.3. The molecule has 0 spiro atoms. The first-order valence-corrected chi connectivity index (χ1v) is 6.50. The van der Waals surface area contributed by atoms with E-state index in [0.29, 0.717) is 5.41 Å². The Kier molecular flexibility index (Phi) is 3.02. The average molecular weight is 236 g/mol. The second-order valence-corrected chi connectivity index (χ2v) is 6.16.